The van der Waals surface area contributed by atoms with Crippen molar-refractivity contribution in [3.8, 4) is 11.5 Å². The predicted molar refractivity (Wildman–Crippen MR) is 42.8 cm³/mol. The number of nitrogens with zero attached hydrogens (tertiary/aromatic N) is 1. The van der Waals surface area contributed by atoms with Crippen LogP contribution in [-0.2, 0) is 0 Å². The van der Waals surface area contributed by atoms with Gasteiger partial charge >= 0.3 is 6.23 Å². The molecule has 1 aliphatic rings. The molecule has 0 fully saturated rings. The van der Waals surface area contributed by atoms with E-state index in [0.717, 1.165) is 6.61 Å². The first kappa shape index (κ1) is 7.85. The van der Waals surface area contributed by atoms with Gasteiger partial charge in [0.05, 0.1) is 4.92 Å². The summed E-state index contributed by atoms with van der Waals surface area (Å²) in [6.07, 6.45) is -1.21. The Balaban J connectivity index is 2.24. The zero-order chi connectivity index (χ0) is 9.26. The van der Waals surface area contributed by atoms with E-state index in [1.807, 2.05) is 0 Å². The van der Waals surface area contributed by atoms with Crippen molar-refractivity contribution in [2.45, 2.75) is 6.23 Å². The van der Waals surface area contributed by atoms with Crippen LogP contribution >= 0.6 is 0 Å². The minimum atomic E-state index is -1.21. The SMILES string of the molecule is O=[N+]([O-])C1[CH]Oc2ccccc2O1. The molecule has 0 amide bonds. The average molecular weight is 180 g/mol. The van der Waals surface area contributed by atoms with Crippen LogP contribution in [0.5, 0.6) is 11.5 Å². The van der Waals surface area contributed by atoms with E-state index in [1.54, 1.807) is 24.3 Å². The molecule has 0 aromatic heterocycles. The monoisotopic (exact) mass is 180 g/mol. The zero-order valence-electron chi connectivity index (χ0n) is 6.54. The second kappa shape index (κ2) is 2.93. The van der Waals surface area contributed by atoms with Crippen molar-refractivity contribution in [2.75, 3.05) is 0 Å². The lowest BCUT2D eigenvalue weighted by molar-refractivity contribution is -0.558. The van der Waals surface area contributed by atoms with Crippen molar-refractivity contribution in [3.63, 3.8) is 0 Å². The van der Waals surface area contributed by atoms with Crippen LogP contribution in [0, 0.1) is 16.7 Å². The fourth-order valence-corrected chi connectivity index (χ4v) is 1.03. The highest BCUT2D eigenvalue weighted by Crippen LogP contribution is 2.32. The van der Waals surface area contributed by atoms with Crippen LogP contribution in [0.3, 0.4) is 0 Å². The smallest absolute Gasteiger partial charge is 0.395 e. The molecule has 1 atom stereocenters. The molecule has 1 heterocycles. The van der Waals surface area contributed by atoms with Gasteiger partial charge in [0.1, 0.15) is 0 Å². The summed E-state index contributed by atoms with van der Waals surface area (Å²) in [6, 6.07) is 6.80. The Labute approximate surface area is 74.0 Å². The molecule has 0 aliphatic carbocycles. The fourth-order valence-electron chi connectivity index (χ4n) is 1.03. The average Bonchev–Trinajstić information content (AvgIpc) is 2.17. The molecule has 0 bridgehead atoms. The second-order valence-electron chi connectivity index (χ2n) is 2.49. The molecule has 13 heavy (non-hydrogen) atoms. The van der Waals surface area contributed by atoms with Crippen LogP contribution in [0.15, 0.2) is 24.3 Å². The number of nitro groups is 1. The standard InChI is InChI=1S/C8H6NO4/c10-9(11)8-5-12-6-3-1-2-4-7(6)13-8/h1-5,8H. The Bertz CT molecular complexity index is 339. The third kappa shape index (κ3) is 1.40. The van der Waals surface area contributed by atoms with Gasteiger partial charge in [-0.2, -0.15) is 0 Å². The lowest BCUT2D eigenvalue weighted by Crippen LogP contribution is -2.31. The van der Waals surface area contributed by atoms with Gasteiger partial charge in [-0.3, -0.25) is 10.1 Å². The van der Waals surface area contributed by atoms with Crippen LogP contribution < -0.4 is 9.47 Å². The van der Waals surface area contributed by atoms with Crippen molar-refractivity contribution >= 4 is 0 Å². The second-order valence-corrected chi connectivity index (χ2v) is 2.49. The Kier molecular flexibility index (Phi) is 1.77. The Morgan fingerprint density at radius 2 is 2.00 bits per heavy atom. The van der Waals surface area contributed by atoms with Gasteiger partial charge in [-0.05, 0) is 12.1 Å². The molecule has 67 valence electrons. The molecule has 1 aromatic carbocycles. The van der Waals surface area contributed by atoms with Gasteiger partial charge in [-0.1, -0.05) is 12.1 Å². The fraction of sp³-hybridized carbons (Fsp3) is 0.125. The molecular formula is C8H6NO4. The van der Waals surface area contributed by atoms with Crippen molar-refractivity contribution in [2.24, 2.45) is 0 Å². The maximum absolute atomic E-state index is 10.3. The summed E-state index contributed by atoms with van der Waals surface area (Å²) in [5.74, 6) is 0.896. The van der Waals surface area contributed by atoms with E-state index in [1.165, 1.54) is 0 Å². The highest BCUT2D eigenvalue weighted by molar-refractivity contribution is 5.41. The van der Waals surface area contributed by atoms with E-state index in [9.17, 15) is 10.1 Å². The third-order valence-corrected chi connectivity index (χ3v) is 1.62. The van der Waals surface area contributed by atoms with Gasteiger partial charge in [-0.25, -0.2) is 0 Å². The summed E-state index contributed by atoms with van der Waals surface area (Å²) in [5.41, 5.74) is 0. The van der Waals surface area contributed by atoms with Gasteiger partial charge in [0, 0.05) is 0 Å². The van der Waals surface area contributed by atoms with Crippen LogP contribution in [0.2, 0.25) is 0 Å². The van der Waals surface area contributed by atoms with Gasteiger partial charge in [-0.15, -0.1) is 0 Å². The quantitative estimate of drug-likeness (QED) is 0.481. The first-order chi connectivity index (χ1) is 6.27. The largest absolute Gasteiger partial charge is 0.471 e. The van der Waals surface area contributed by atoms with E-state index in [4.69, 9.17) is 9.47 Å². The van der Waals surface area contributed by atoms with Crippen LogP contribution in [0.1, 0.15) is 0 Å². The first-order valence-electron chi connectivity index (χ1n) is 3.66. The Morgan fingerprint density at radius 1 is 1.31 bits per heavy atom. The van der Waals surface area contributed by atoms with Gasteiger partial charge < -0.3 is 9.47 Å². The minimum Gasteiger partial charge on any atom is -0.471 e. The molecule has 0 spiro atoms. The number of para-hydroxylation sites is 2. The molecule has 1 radical (unpaired) electrons. The molecular weight excluding hydrogens is 174 g/mol. The summed E-state index contributed by atoms with van der Waals surface area (Å²) in [7, 11) is 0. The van der Waals surface area contributed by atoms with Crippen molar-refractivity contribution in [1.29, 1.82) is 0 Å². The third-order valence-electron chi connectivity index (χ3n) is 1.62. The van der Waals surface area contributed by atoms with Crippen molar-refractivity contribution in [3.05, 3.63) is 41.0 Å². The molecule has 0 saturated carbocycles. The zero-order valence-corrected chi connectivity index (χ0v) is 6.54. The number of hydrogen-bond donors (Lipinski definition) is 0. The van der Waals surface area contributed by atoms with Crippen LogP contribution in [-0.4, -0.2) is 11.2 Å². The molecule has 1 unspecified atom stereocenters. The van der Waals surface area contributed by atoms with E-state index < -0.39 is 11.2 Å². The summed E-state index contributed by atoms with van der Waals surface area (Å²) < 4.78 is 10.0. The van der Waals surface area contributed by atoms with Crippen molar-refractivity contribution < 1.29 is 14.4 Å². The first-order valence-corrected chi connectivity index (χ1v) is 3.66. The van der Waals surface area contributed by atoms with Crippen LogP contribution in [0.4, 0.5) is 0 Å². The van der Waals surface area contributed by atoms with Gasteiger partial charge in [0.25, 0.3) is 6.61 Å². The molecule has 2 rings (SSSR count). The Morgan fingerprint density at radius 3 is 2.69 bits per heavy atom. The van der Waals surface area contributed by atoms with E-state index >= 15 is 0 Å². The molecule has 0 saturated heterocycles. The van der Waals surface area contributed by atoms with Crippen molar-refractivity contribution in [1.82, 2.24) is 0 Å². The maximum atomic E-state index is 10.3. The molecule has 5 heteroatoms. The van der Waals surface area contributed by atoms with E-state index in [0.29, 0.717) is 11.5 Å². The van der Waals surface area contributed by atoms with Gasteiger partial charge in [0.15, 0.2) is 11.5 Å². The molecule has 5 nitrogen and oxygen atoms in total. The van der Waals surface area contributed by atoms with E-state index in [2.05, 4.69) is 0 Å². The highest BCUT2D eigenvalue weighted by atomic mass is 16.7. The minimum absolute atomic E-state index is 0.395. The molecule has 1 aliphatic heterocycles. The molecule has 0 N–H and O–H groups in total. The Hall–Kier alpha value is -1.78. The molecule has 1 aromatic rings. The lowest BCUT2D eigenvalue weighted by atomic mass is 10.3. The maximum Gasteiger partial charge on any atom is 0.395 e. The highest BCUT2D eigenvalue weighted by Gasteiger charge is 2.30. The normalized spacial score (nSPS) is 19.5. The lowest BCUT2D eigenvalue weighted by Gasteiger charge is -2.19. The predicted octanol–water partition coefficient (Wildman–Crippen LogP) is 1.22. The number of benzene rings is 1. The van der Waals surface area contributed by atoms with Gasteiger partial charge in [0.2, 0.25) is 0 Å². The van der Waals surface area contributed by atoms with E-state index in [-0.39, 0.29) is 0 Å². The number of ether oxygens (including phenoxy) is 2. The summed E-state index contributed by atoms with van der Waals surface area (Å²) in [6.45, 7) is 1.06. The van der Waals surface area contributed by atoms with Crippen LogP contribution in [0.25, 0.3) is 0 Å². The summed E-state index contributed by atoms with van der Waals surface area (Å²) in [4.78, 5) is 9.77. The summed E-state index contributed by atoms with van der Waals surface area (Å²) >= 11 is 0. The summed E-state index contributed by atoms with van der Waals surface area (Å²) in [5, 5.41) is 10.3. The number of hydrogen-bond acceptors (Lipinski definition) is 4. The number of fused-ring (bicyclic) bond motifs is 1. The number of rotatable bonds is 1. The topological polar surface area (TPSA) is 61.6 Å².